The lowest BCUT2D eigenvalue weighted by Gasteiger charge is -2.16. The lowest BCUT2D eigenvalue weighted by atomic mass is 10.3. The summed E-state index contributed by atoms with van der Waals surface area (Å²) in [6.45, 7) is 0. The van der Waals surface area contributed by atoms with Crippen LogP contribution in [0.4, 0.5) is 20.2 Å². The summed E-state index contributed by atoms with van der Waals surface area (Å²) in [4.78, 5) is -1.04. The van der Waals surface area contributed by atoms with Crippen LogP contribution in [0.5, 0.6) is 0 Å². The van der Waals surface area contributed by atoms with Crippen LogP contribution in [0.1, 0.15) is 0 Å². The Morgan fingerprint density at radius 3 is 1.87 bits per heavy atom. The Morgan fingerprint density at radius 1 is 0.767 bits per heavy atom. The second-order valence-electron chi connectivity index (χ2n) is 5.65. The lowest BCUT2D eigenvalue weighted by Crippen LogP contribution is -2.18. The fraction of sp³-hybridized carbons (Fsp3) is 0. The molecule has 0 radical (unpaired) electrons. The Balaban J connectivity index is 2.06. The van der Waals surface area contributed by atoms with Crippen molar-refractivity contribution in [3.63, 3.8) is 0 Å². The van der Waals surface area contributed by atoms with Gasteiger partial charge in [-0.1, -0.05) is 40.9 Å². The predicted octanol–water partition coefficient (Wildman–Crippen LogP) is 5.59. The van der Waals surface area contributed by atoms with E-state index < -0.39 is 41.6 Å². The van der Waals surface area contributed by atoms with E-state index in [9.17, 15) is 25.6 Å². The summed E-state index contributed by atoms with van der Waals surface area (Å²) in [5, 5.41) is 0.735. The Hall–Kier alpha value is -1.63. The van der Waals surface area contributed by atoms with Crippen molar-refractivity contribution in [3.05, 3.63) is 68.5 Å². The largest absolute Gasteiger partial charge is 0.277 e. The summed E-state index contributed by atoms with van der Waals surface area (Å²) < 4.78 is 82.2. The minimum atomic E-state index is -4.70. The zero-order valence-corrected chi connectivity index (χ0v) is 19.0. The van der Waals surface area contributed by atoms with Crippen molar-refractivity contribution in [1.82, 2.24) is 0 Å². The van der Waals surface area contributed by atoms with Gasteiger partial charge in [0.05, 0.1) is 26.4 Å². The van der Waals surface area contributed by atoms with Crippen molar-refractivity contribution in [2.45, 2.75) is 9.10 Å². The van der Waals surface area contributed by atoms with Crippen molar-refractivity contribution in [2.75, 3.05) is 9.44 Å². The third kappa shape index (κ3) is 4.82. The SMILES string of the molecule is O=S(=O)(Nc1cc(Cl)c(Cl)cc1NS(=O)(=O)c1cc(F)c(Cl)cc1F)c1cccs1. The normalized spacial score (nSPS) is 12.0. The van der Waals surface area contributed by atoms with Crippen LogP contribution in [-0.2, 0) is 20.0 Å². The van der Waals surface area contributed by atoms with Crippen LogP contribution in [0, 0.1) is 11.6 Å². The maximum atomic E-state index is 14.1. The van der Waals surface area contributed by atoms with Crippen LogP contribution < -0.4 is 9.44 Å². The number of sulfonamides is 2. The molecule has 0 spiro atoms. The fourth-order valence-corrected chi connectivity index (χ4v) is 5.92. The molecule has 0 bridgehead atoms. The van der Waals surface area contributed by atoms with Crippen LogP contribution in [0.25, 0.3) is 0 Å². The molecule has 0 saturated carbocycles. The molecule has 0 aliphatic heterocycles. The van der Waals surface area contributed by atoms with Gasteiger partial charge < -0.3 is 0 Å². The van der Waals surface area contributed by atoms with E-state index in [1.807, 2.05) is 4.72 Å². The minimum absolute atomic E-state index is 0.0480. The third-order valence-electron chi connectivity index (χ3n) is 3.57. The van der Waals surface area contributed by atoms with Crippen molar-refractivity contribution >= 4 is 77.6 Å². The highest BCUT2D eigenvalue weighted by atomic mass is 35.5. The summed E-state index contributed by atoms with van der Waals surface area (Å²) in [6, 6.07) is 5.84. The van der Waals surface area contributed by atoms with Crippen molar-refractivity contribution in [3.8, 4) is 0 Å². The number of benzene rings is 2. The van der Waals surface area contributed by atoms with Crippen LogP contribution in [0.3, 0.4) is 0 Å². The highest BCUT2D eigenvalue weighted by Gasteiger charge is 2.25. The second kappa shape index (κ2) is 8.48. The first-order valence-electron chi connectivity index (χ1n) is 7.63. The van der Waals surface area contributed by atoms with Gasteiger partial charge in [0.1, 0.15) is 20.7 Å². The highest BCUT2D eigenvalue weighted by Crippen LogP contribution is 2.36. The van der Waals surface area contributed by atoms with Gasteiger partial charge in [-0.15, -0.1) is 11.3 Å². The molecule has 3 aromatic rings. The molecule has 0 fully saturated rings. The van der Waals surface area contributed by atoms with Crippen molar-refractivity contribution in [2.24, 2.45) is 0 Å². The van der Waals surface area contributed by atoms with Gasteiger partial charge in [0.15, 0.2) is 0 Å². The number of nitrogens with one attached hydrogen (secondary N) is 2. The molecule has 0 atom stereocenters. The average molecular weight is 534 g/mol. The maximum absolute atomic E-state index is 14.1. The monoisotopic (exact) mass is 532 g/mol. The van der Waals surface area contributed by atoms with Crippen LogP contribution in [-0.4, -0.2) is 16.8 Å². The second-order valence-corrected chi connectivity index (χ2v) is 11.4. The molecule has 160 valence electrons. The minimum Gasteiger partial charge on any atom is -0.277 e. The van der Waals surface area contributed by atoms with Gasteiger partial charge in [-0.2, -0.15) is 0 Å². The summed E-state index contributed by atoms with van der Waals surface area (Å²) in [5.74, 6) is -2.47. The number of rotatable bonds is 6. The van der Waals surface area contributed by atoms with Gasteiger partial charge in [-0.25, -0.2) is 25.6 Å². The molecule has 30 heavy (non-hydrogen) atoms. The van der Waals surface area contributed by atoms with Gasteiger partial charge in [0, 0.05) is 0 Å². The summed E-state index contributed by atoms with van der Waals surface area (Å²) in [7, 11) is -8.78. The van der Waals surface area contributed by atoms with E-state index in [4.69, 9.17) is 34.8 Å². The predicted molar refractivity (Wildman–Crippen MR) is 114 cm³/mol. The van der Waals surface area contributed by atoms with Crippen molar-refractivity contribution < 1.29 is 25.6 Å². The molecule has 0 aliphatic carbocycles. The maximum Gasteiger partial charge on any atom is 0.271 e. The number of thiophene rings is 1. The molecule has 6 nitrogen and oxygen atoms in total. The van der Waals surface area contributed by atoms with Crippen LogP contribution in [0.15, 0.2) is 50.9 Å². The molecule has 2 aromatic carbocycles. The topological polar surface area (TPSA) is 92.3 Å². The first-order chi connectivity index (χ1) is 13.9. The Bertz CT molecular complexity index is 1330. The van der Waals surface area contributed by atoms with E-state index in [-0.39, 0.29) is 25.6 Å². The molecule has 0 unspecified atom stereocenters. The van der Waals surface area contributed by atoms with Gasteiger partial charge in [-0.3, -0.25) is 9.44 Å². The first kappa shape index (κ1) is 23.0. The lowest BCUT2D eigenvalue weighted by molar-refractivity contribution is 0.556. The molecule has 1 heterocycles. The number of anilines is 2. The Labute approximate surface area is 189 Å². The average Bonchev–Trinajstić information content (AvgIpc) is 3.17. The van der Waals surface area contributed by atoms with E-state index in [0.29, 0.717) is 12.1 Å². The molecule has 0 aliphatic rings. The molecule has 14 heteroatoms. The molecular weight excluding hydrogens is 525 g/mol. The van der Waals surface area contributed by atoms with Gasteiger partial charge in [-0.05, 0) is 35.7 Å². The zero-order chi connectivity index (χ0) is 22.3. The third-order valence-corrected chi connectivity index (χ3v) is 8.73. The fourth-order valence-electron chi connectivity index (χ4n) is 2.24. The molecular formula is C16H9Cl3F2N2O4S3. The smallest absolute Gasteiger partial charge is 0.271 e. The molecule has 2 N–H and O–H groups in total. The van der Waals surface area contributed by atoms with Crippen molar-refractivity contribution in [1.29, 1.82) is 0 Å². The van der Waals surface area contributed by atoms with E-state index in [1.54, 1.807) is 0 Å². The Morgan fingerprint density at radius 2 is 1.33 bits per heavy atom. The van der Waals surface area contributed by atoms with E-state index in [1.165, 1.54) is 17.5 Å². The number of hydrogen-bond donors (Lipinski definition) is 2. The molecule has 3 rings (SSSR count). The molecule has 0 saturated heterocycles. The van der Waals surface area contributed by atoms with E-state index >= 15 is 0 Å². The van der Waals surface area contributed by atoms with Crippen LogP contribution >= 0.6 is 46.1 Å². The van der Waals surface area contributed by atoms with E-state index in [0.717, 1.165) is 23.5 Å². The van der Waals surface area contributed by atoms with Gasteiger partial charge >= 0.3 is 0 Å². The van der Waals surface area contributed by atoms with E-state index in [2.05, 4.69) is 4.72 Å². The summed E-state index contributed by atoms with van der Waals surface area (Å²) in [6.07, 6.45) is 0. The standard InChI is InChI=1S/C16H9Cl3F2N2O4S3/c17-8-5-13(22-29(24,25)15-7-11(20)10(19)4-12(15)21)14(6-9(8)18)23-30(26,27)16-2-1-3-28-16/h1-7,22-23H. The summed E-state index contributed by atoms with van der Waals surface area (Å²) in [5.41, 5.74) is -0.643. The molecule has 0 amide bonds. The molecule has 1 aromatic heterocycles. The Kier molecular flexibility index (Phi) is 6.51. The van der Waals surface area contributed by atoms with Gasteiger partial charge in [0.2, 0.25) is 0 Å². The number of halogens is 5. The summed E-state index contributed by atoms with van der Waals surface area (Å²) >= 11 is 18.2. The first-order valence-corrected chi connectivity index (χ1v) is 12.6. The number of hydrogen-bond acceptors (Lipinski definition) is 5. The quantitative estimate of drug-likeness (QED) is 0.404. The van der Waals surface area contributed by atoms with Crippen LogP contribution in [0.2, 0.25) is 15.1 Å². The zero-order valence-electron chi connectivity index (χ0n) is 14.3. The van der Waals surface area contributed by atoms with Gasteiger partial charge in [0.25, 0.3) is 20.0 Å². The highest BCUT2D eigenvalue weighted by molar-refractivity contribution is 7.94.